The predicted octanol–water partition coefficient (Wildman–Crippen LogP) is 4.65. The first-order chi connectivity index (χ1) is 7.49. The Hall–Kier alpha value is -0.260. The Kier molecular flexibility index (Phi) is 3.20. The number of rotatable bonds is 2. The zero-order valence-corrected chi connectivity index (χ0v) is 11.5. The predicted molar refractivity (Wildman–Crippen MR) is 76.6 cm³/mol. The zero-order chi connectivity index (χ0) is 11.7. The molecule has 0 unspecified atom stereocenters. The number of benzene rings is 2. The van der Waals surface area contributed by atoms with Gasteiger partial charge < -0.3 is 0 Å². The minimum absolute atomic E-state index is 0.768. The summed E-state index contributed by atoms with van der Waals surface area (Å²) >= 11 is 19.5. The molecule has 0 aromatic heterocycles. The summed E-state index contributed by atoms with van der Waals surface area (Å²) in [7, 11) is 0. The maximum absolute atomic E-state index is 6.50. The molecule has 2 aromatic rings. The summed E-state index contributed by atoms with van der Waals surface area (Å²) in [5.41, 5.74) is 0. The Bertz CT molecular complexity index is 430. The van der Waals surface area contributed by atoms with E-state index in [9.17, 15) is 0 Å². The molecule has 0 radical (unpaired) electrons. The van der Waals surface area contributed by atoms with Gasteiger partial charge in [0, 0.05) is 0 Å². The van der Waals surface area contributed by atoms with E-state index < -0.39 is 4.66 Å². The molecule has 4 heteroatoms. The van der Waals surface area contributed by atoms with Crippen molar-refractivity contribution >= 4 is 49.0 Å². The summed E-state index contributed by atoms with van der Waals surface area (Å²) in [6, 6.07) is 18.8. The van der Waals surface area contributed by atoms with Gasteiger partial charge in [-0.05, 0) is 0 Å². The Balaban J connectivity index is 2.60. The molecule has 84 valence electrons. The van der Waals surface area contributed by atoms with Gasteiger partial charge in [-0.1, -0.05) is 0 Å². The van der Waals surface area contributed by atoms with Gasteiger partial charge in [0.05, 0.1) is 0 Å². The first-order valence-electron chi connectivity index (χ1n) is 4.78. The topological polar surface area (TPSA) is 0 Å². The van der Waals surface area contributed by atoms with Crippen LogP contribution in [-0.2, 0) is 0 Å². The van der Waals surface area contributed by atoms with E-state index >= 15 is 0 Å². The van der Waals surface area contributed by atoms with Crippen molar-refractivity contribution in [1.29, 1.82) is 0 Å². The minimum atomic E-state index is -3.52. The standard InChI is InChI=1S/C12H10Cl3P/c13-16(14,15,11-7-3-1-4-8-11)12-9-5-2-6-10-12/h1-10H. The van der Waals surface area contributed by atoms with Crippen LogP contribution in [0.3, 0.4) is 0 Å². The van der Waals surface area contributed by atoms with Gasteiger partial charge in [0.15, 0.2) is 0 Å². The molecular formula is C12H10Cl3P. The van der Waals surface area contributed by atoms with Crippen LogP contribution in [0.25, 0.3) is 0 Å². The van der Waals surface area contributed by atoms with Crippen molar-refractivity contribution in [3.05, 3.63) is 60.7 Å². The monoisotopic (exact) mass is 290 g/mol. The van der Waals surface area contributed by atoms with Crippen LogP contribution < -0.4 is 10.6 Å². The molecular weight excluding hydrogens is 281 g/mol. The van der Waals surface area contributed by atoms with Crippen LogP contribution in [0.1, 0.15) is 0 Å². The fourth-order valence-electron chi connectivity index (χ4n) is 1.49. The molecule has 2 rings (SSSR count). The molecule has 0 atom stereocenters. The van der Waals surface area contributed by atoms with Crippen molar-refractivity contribution < 1.29 is 0 Å². The fraction of sp³-hybridized carbons (Fsp3) is 0. The second kappa shape index (κ2) is 4.20. The summed E-state index contributed by atoms with van der Waals surface area (Å²) < 4.78 is -3.52. The third-order valence-electron chi connectivity index (χ3n) is 2.36. The number of halogens is 3. The first kappa shape index (κ1) is 12.2. The van der Waals surface area contributed by atoms with Crippen molar-refractivity contribution in [3.63, 3.8) is 0 Å². The second-order valence-electron chi connectivity index (χ2n) is 3.48. The van der Waals surface area contributed by atoms with Crippen LogP contribution in [0.15, 0.2) is 60.7 Å². The third-order valence-corrected chi connectivity index (χ3v) is 8.15. The molecule has 0 aliphatic rings. The fourth-order valence-corrected chi connectivity index (χ4v) is 5.14. The van der Waals surface area contributed by atoms with Gasteiger partial charge in [-0.3, -0.25) is 0 Å². The second-order valence-corrected chi connectivity index (χ2v) is 13.8. The molecule has 0 fully saturated rings. The van der Waals surface area contributed by atoms with Gasteiger partial charge in [-0.15, -0.1) is 0 Å². The van der Waals surface area contributed by atoms with Gasteiger partial charge >= 0.3 is 110 Å². The number of hydrogen-bond acceptors (Lipinski definition) is 0. The molecule has 0 aliphatic carbocycles. The Morgan fingerprint density at radius 1 is 0.562 bits per heavy atom. The summed E-state index contributed by atoms with van der Waals surface area (Å²) in [6.07, 6.45) is 0. The molecule has 16 heavy (non-hydrogen) atoms. The Morgan fingerprint density at radius 2 is 0.875 bits per heavy atom. The van der Waals surface area contributed by atoms with Gasteiger partial charge in [-0.2, -0.15) is 0 Å². The molecule has 0 saturated heterocycles. The van der Waals surface area contributed by atoms with E-state index in [1.807, 2.05) is 60.7 Å². The molecule has 0 bridgehead atoms. The summed E-state index contributed by atoms with van der Waals surface area (Å²) in [5, 5.41) is 1.54. The van der Waals surface area contributed by atoms with Gasteiger partial charge in [0.1, 0.15) is 0 Å². The van der Waals surface area contributed by atoms with Crippen LogP contribution in [0.4, 0.5) is 0 Å². The van der Waals surface area contributed by atoms with E-state index in [-0.39, 0.29) is 0 Å². The molecule has 0 amide bonds. The summed E-state index contributed by atoms with van der Waals surface area (Å²) in [6.45, 7) is 0. The van der Waals surface area contributed by atoms with E-state index in [0.717, 1.165) is 10.6 Å². The molecule has 0 saturated carbocycles. The molecule has 0 N–H and O–H groups in total. The summed E-state index contributed by atoms with van der Waals surface area (Å²) in [4.78, 5) is 0. The van der Waals surface area contributed by atoms with E-state index in [1.165, 1.54) is 0 Å². The van der Waals surface area contributed by atoms with Crippen molar-refractivity contribution in [2.45, 2.75) is 0 Å². The van der Waals surface area contributed by atoms with E-state index in [1.54, 1.807) is 0 Å². The van der Waals surface area contributed by atoms with Crippen LogP contribution in [0.2, 0.25) is 0 Å². The molecule has 0 aliphatic heterocycles. The van der Waals surface area contributed by atoms with Gasteiger partial charge in [-0.25, -0.2) is 0 Å². The quantitative estimate of drug-likeness (QED) is 0.706. The van der Waals surface area contributed by atoms with Crippen LogP contribution in [-0.4, -0.2) is 0 Å². The van der Waals surface area contributed by atoms with Crippen LogP contribution in [0, 0.1) is 0 Å². The number of hydrogen-bond donors (Lipinski definition) is 0. The van der Waals surface area contributed by atoms with Crippen LogP contribution in [0.5, 0.6) is 0 Å². The van der Waals surface area contributed by atoms with Gasteiger partial charge in [0.2, 0.25) is 0 Å². The average molecular weight is 292 g/mol. The van der Waals surface area contributed by atoms with Gasteiger partial charge in [0.25, 0.3) is 0 Å². The molecule has 0 heterocycles. The van der Waals surface area contributed by atoms with Crippen LogP contribution >= 0.6 is 38.4 Å². The average Bonchev–Trinajstić information content (AvgIpc) is 2.31. The molecule has 0 spiro atoms. The maximum atomic E-state index is 6.50. The van der Waals surface area contributed by atoms with Crippen molar-refractivity contribution in [3.8, 4) is 0 Å². The molecule has 0 nitrogen and oxygen atoms in total. The van der Waals surface area contributed by atoms with Crippen molar-refractivity contribution in [2.75, 3.05) is 0 Å². The third kappa shape index (κ3) is 2.21. The SMILES string of the molecule is ClP(Cl)(Cl)(c1ccccc1)c1ccccc1. The summed E-state index contributed by atoms with van der Waals surface area (Å²) in [5.74, 6) is 0. The van der Waals surface area contributed by atoms with E-state index in [0.29, 0.717) is 0 Å². The first-order valence-corrected chi connectivity index (χ1v) is 9.73. The van der Waals surface area contributed by atoms with E-state index in [2.05, 4.69) is 0 Å². The van der Waals surface area contributed by atoms with Crippen molar-refractivity contribution in [1.82, 2.24) is 0 Å². The Labute approximate surface area is 109 Å². The zero-order valence-electron chi connectivity index (χ0n) is 8.35. The Morgan fingerprint density at radius 3 is 1.19 bits per heavy atom. The van der Waals surface area contributed by atoms with E-state index in [4.69, 9.17) is 33.7 Å². The normalized spacial score (nSPS) is 14.1. The van der Waals surface area contributed by atoms with Crippen molar-refractivity contribution in [2.24, 2.45) is 0 Å². The molecule has 2 aromatic carbocycles.